The lowest BCUT2D eigenvalue weighted by Crippen LogP contribution is -2.29. The third-order valence-electron chi connectivity index (χ3n) is 1.95. The number of methoxy groups -OCH3 is 1. The fraction of sp³-hybridized carbons (Fsp3) is 1.00. The Bertz CT molecular complexity index is 102. The van der Waals surface area contributed by atoms with E-state index in [1.807, 2.05) is 7.05 Å². The molecule has 68 valence electrons. The van der Waals surface area contributed by atoms with E-state index in [4.69, 9.17) is 4.74 Å². The molecule has 0 fully saturated rings. The summed E-state index contributed by atoms with van der Waals surface area (Å²) in [5, 5.41) is 3.16. The van der Waals surface area contributed by atoms with E-state index in [0.29, 0.717) is 5.92 Å². The second-order valence-electron chi connectivity index (χ2n) is 3.83. The van der Waals surface area contributed by atoms with Crippen molar-refractivity contribution >= 4 is 0 Å². The van der Waals surface area contributed by atoms with E-state index in [1.54, 1.807) is 7.11 Å². The van der Waals surface area contributed by atoms with Crippen LogP contribution in [0.2, 0.25) is 0 Å². The minimum Gasteiger partial charge on any atom is -0.379 e. The molecule has 0 saturated carbocycles. The zero-order valence-corrected chi connectivity index (χ0v) is 8.40. The molecular weight excluding hydrogens is 138 g/mol. The predicted molar refractivity (Wildman–Crippen MR) is 48.8 cm³/mol. The van der Waals surface area contributed by atoms with Crippen molar-refractivity contribution in [3.8, 4) is 0 Å². The van der Waals surface area contributed by atoms with Crippen molar-refractivity contribution in [3.63, 3.8) is 0 Å². The molecule has 0 aliphatic rings. The van der Waals surface area contributed by atoms with Crippen molar-refractivity contribution in [1.29, 1.82) is 0 Å². The van der Waals surface area contributed by atoms with Gasteiger partial charge in [0.05, 0.1) is 5.60 Å². The quantitative estimate of drug-likeness (QED) is 0.658. The smallest absolute Gasteiger partial charge is 0.0625 e. The molecule has 0 aromatic heterocycles. The van der Waals surface area contributed by atoms with Gasteiger partial charge in [-0.05, 0) is 39.8 Å². The molecule has 0 saturated heterocycles. The maximum Gasteiger partial charge on any atom is 0.0625 e. The molecule has 0 aliphatic carbocycles. The standard InChI is InChI=1S/C9H21NO/c1-8(7-10-4)6-9(2,3)11-5/h8,10H,6-7H2,1-5H3. The first-order chi connectivity index (χ1) is 5.02. The van der Waals surface area contributed by atoms with Gasteiger partial charge in [-0.15, -0.1) is 0 Å². The van der Waals surface area contributed by atoms with Crippen LogP contribution >= 0.6 is 0 Å². The Labute approximate surface area is 70.3 Å². The number of nitrogens with one attached hydrogen (secondary N) is 1. The van der Waals surface area contributed by atoms with Crippen LogP contribution in [-0.2, 0) is 4.74 Å². The van der Waals surface area contributed by atoms with Gasteiger partial charge >= 0.3 is 0 Å². The van der Waals surface area contributed by atoms with Gasteiger partial charge in [-0.2, -0.15) is 0 Å². The zero-order valence-electron chi connectivity index (χ0n) is 8.40. The fourth-order valence-electron chi connectivity index (χ4n) is 1.34. The van der Waals surface area contributed by atoms with Gasteiger partial charge in [-0.3, -0.25) is 0 Å². The van der Waals surface area contributed by atoms with Crippen molar-refractivity contribution in [2.24, 2.45) is 5.92 Å². The molecule has 0 amide bonds. The molecule has 1 atom stereocenters. The second kappa shape index (κ2) is 4.73. The highest BCUT2D eigenvalue weighted by molar-refractivity contribution is 4.72. The number of ether oxygens (including phenoxy) is 1. The maximum absolute atomic E-state index is 5.33. The summed E-state index contributed by atoms with van der Waals surface area (Å²) in [7, 11) is 3.75. The monoisotopic (exact) mass is 159 g/mol. The summed E-state index contributed by atoms with van der Waals surface area (Å²) in [5.41, 5.74) is 0.0241. The Kier molecular flexibility index (Phi) is 4.69. The first-order valence-corrected chi connectivity index (χ1v) is 4.21. The summed E-state index contributed by atoms with van der Waals surface area (Å²) >= 11 is 0. The van der Waals surface area contributed by atoms with E-state index in [1.165, 1.54) is 0 Å². The summed E-state index contributed by atoms with van der Waals surface area (Å²) in [5.74, 6) is 0.676. The van der Waals surface area contributed by atoms with Crippen LogP contribution in [-0.4, -0.2) is 26.3 Å². The largest absolute Gasteiger partial charge is 0.379 e. The van der Waals surface area contributed by atoms with Crippen LogP contribution in [0, 0.1) is 5.92 Å². The lowest BCUT2D eigenvalue weighted by atomic mass is 9.95. The van der Waals surface area contributed by atoms with E-state index in [-0.39, 0.29) is 5.60 Å². The number of hydrogen-bond donors (Lipinski definition) is 1. The van der Waals surface area contributed by atoms with Gasteiger partial charge in [-0.1, -0.05) is 6.92 Å². The van der Waals surface area contributed by atoms with Crippen LogP contribution in [0.1, 0.15) is 27.2 Å². The Balaban J connectivity index is 3.64. The fourth-order valence-corrected chi connectivity index (χ4v) is 1.34. The van der Waals surface area contributed by atoms with Crippen LogP contribution in [0.15, 0.2) is 0 Å². The molecule has 11 heavy (non-hydrogen) atoms. The van der Waals surface area contributed by atoms with Crippen LogP contribution in [0.5, 0.6) is 0 Å². The van der Waals surface area contributed by atoms with E-state index in [0.717, 1.165) is 13.0 Å². The normalized spacial score (nSPS) is 15.0. The maximum atomic E-state index is 5.33. The van der Waals surface area contributed by atoms with Crippen molar-refractivity contribution < 1.29 is 4.74 Å². The number of hydrogen-bond acceptors (Lipinski definition) is 2. The first kappa shape index (κ1) is 10.9. The molecule has 1 unspecified atom stereocenters. The van der Waals surface area contributed by atoms with Gasteiger partial charge in [0.1, 0.15) is 0 Å². The van der Waals surface area contributed by atoms with E-state index in [2.05, 4.69) is 26.1 Å². The third-order valence-corrected chi connectivity index (χ3v) is 1.95. The average Bonchev–Trinajstić information content (AvgIpc) is 1.87. The highest BCUT2D eigenvalue weighted by Crippen LogP contribution is 2.18. The minimum atomic E-state index is 0.0241. The van der Waals surface area contributed by atoms with Gasteiger partial charge in [0.2, 0.25) is 0 Å². The van der Waals surface area contributed by atoms with Crippen LogP contribution in [0.3, 0.4) is 0 Å². The molecule has 1 N–H and O–H groups in total. The van der Waals surface area contributed by atoms with Gasteiger partial charge < -0.3 is 10.1 Å². The second-order valence-corrected chi connectivity index (χ2v) is 3.83. The van der Waals surface area contributed by atoms with Crippen molar-refractivity contribution in [2.45, 2.75) is 32.8 Å². The summed E-state index contributed by atoms with van der Waals surface area (Å²) < 4.78 is 5.33. The molecule has 0 bridgehead atoms. The average molecular weight is 159 g/mol. The molecule has 0 spiro atoms. The van der Waals surface area contributed by atoms with Crippen LogP contribution in [0.4, 0.5) is 0 Å². The number of rotatable bonds is 5. The molecular formula is C9H21NO. The Morgan fingerprint density at radius 2 is 2.00 bits per heavy atom. The van der Waals surface area contributed by atoms with E-state index >= 15 is 0 Å². The Morgan fingerprint density at radius 1 is 1.45 bits per heavy atom. The van der Waals surface area contributed by atoms with Crippen molar-refractivity contribution in [2.75, 3.05) is 20.7 Å². The Morgan fingerprint density at radius 3 is 2.36 bits per heavy atom. The molecule has 0 aromatic carbocycles. The van der Waals surface area contributed by atoms with Gasteiger partial charge in [0, 0.05) is 7.11 Å². The highest BCUT2D eigenvalue weighted by atomic mass is 16.5. The van der Waals surface area contributed by atoms with E-state index < -0.39 is 0 Å². The predicted octanol–water partition coefficient (Wildman–Crippen LogP) is 1.66. The summed E-state index contributed by atoms with van der Waals surface area (Å²) in [4.78, 5) is 0. The van der Waals surface area contributed by atoms with E-state index in [9.17, 15) is 0 Å². The molecule has 0 aromatic rings. The zero-order chi connectivity index (χ0) is 8.91. The molecule has 2 heteroatoms. The van der Waals surface area contributed by atoms with Crippen LogP contribution < -0.4 is 5.32 Å². The highest BCUT2D eigenvalue weighted by Gasteiger charge is 2.19. The minimum absolute atomic E-state index is 0.0241. The summed E-state index contributed by atoms with van der Waals surface area (Å²) in [6.45, 7) is 7.54. The SMILES string of the molecule is CNCC(C)CC(C)(C)OC. The first-order valence-electron chi connectivity index (χ1n) is 4.21. The lowest BCUT2D eigenvalue weighted by molar-refractivity contribution is 0.00413. The lowest BCUT2D eigenvalue weighted by Gasteiger charge is -2.26. The molecule has 0 heterocycles. The van der Waals surface area contributed by atoms with Gasteiger partial charge in [0.25, 0.3) is 0 Å². The van der Waals surface area contributed by atoms with Gasteiger partial charge in [0.15, 0.2) is 0 Å². The topological polar surface area (TPSA) is 21.3 Å². The molecule has 0 radical (unpaired) electrons. The summed E-state index contributed by atoms with van der Waals surface area (Å²) in [6, 6.07) is 0. The Hall–Kier alpha value is -0.0800. The molecule has 2 nitrogen and oxygen atoms in total. The van der Waals surface area contributed by atoms with Gasteiger partial charge in [-0.25, -0.2) is 0 Å². The summed E-state index contributed by atoms with van der Waals surface area (Å²) in [6.07, 6.45) is 1.10. The van der Waals surface area contributed by atoms with Crippen molar-refractivity contribution in [1.82, 2.24) is 5.32 Å². The van der Waals surface area contributed by atoms with Crippen molar-refractivity contribution in [3.05, 3.63) is 0 Å². The third kappa shape index (κ3) is 5.22. The molecule has 0 rings (SSSR count). The molecule has 0 aliphatic heterocycles. The van der Waals surface area contributed by atoms with Crippen LogP contribution in [0.25, 0.3) is 0 Å².